The maximum absolute atomic E-state index is 10.4. The van der Waals surface area contributed by atoms with Crippen LogP contribution in [0.2, 0.25) is 0 Å². The Hall–Kier alpha value is -2.08. The molecule has 1 aromatic carbocycles. The number of H-pyrrole nitrogens is 1. The molecule has 5 nitrogen and oxygen atoms in total. The van der Waals surface area contributed by atoms with Gasteiger partial charge < -0.3 is 10.1 Å². The molecule has 0 radical (unpaired) electrons. The zero-order valence-corrected chi connectivity index (χ0v) is 15.0. The summed E-state index contributed by atoms with van der Waals surface area (Å²) in [5.74, 6) is 0.162. The summed E-state index contributed by atoms with van der Waals surface area (Å²) in [6, 6.07) is 6.43. The Bertz CT molecular complexity index is 920. The van der Waals surface area contributed by atoms with Gasteiger partial charge in [-0.2, -0.15) is 5.10 Å². The highest BCUT2D eigenvalue weighted by Gasteiger charge is 2.20. The molecule has 0 aliphatic heterocycles. The molecule has 0 spiro atoms. The second kappa shape index (κ2) is 6.09. The number of aromatic hydroxyl groups is 1. The Kier molecular flexibility index (Phi) is 3.92. The second-order valence-electron chi connectivity index (χ2n) is 6.21. The Labute approximate surface area is 148 Å². The van der Waals surface area contributed by atoms with Crippen molar-refractivity contribution in [2.45, 2.75) is 38.6 Å². The molecule has 1 fully saturated rings. The van der Waals surface area contributed by atoms with Crippen molar-refractivity contribution >= 4 is 38.2 Å². The van der Waals surface area contributed by atoms with E-state index in [4.69, 9.17) is 4.99 Å². The molecule has 3 aromatic rings. The number of nitrogens with zero attached hydrogens (tertiary/aromatic N) is 3. The quantitative estimate of drug-likeness (QED) is 0.613. The first-order chi connectivity index (χ1) is 11.7. The van der Waals surface area contributed by atoms with Gasteiger partial charge in [-0.3, -0.25) is 4.68 Å². The third-order valence-electron chi connectivity index (χ3n) is 4.67. The summed E-state index contributed by atoms with van der Waals surface area (Å²) < 4.78 is 2.99. The number of nitrogens with one attached hydrogen (secondary N) is 1. The Morgan fingerprint density at radius 3 is 3.00 bits per heavy atom. The molecule has 24 heavy (non-hydrogen) atoms. The number of aromatic nitrogens is 3. The summed E-state index contributed by atoms with van der Waals surface area (Å²) in [6.45, 7) is 2.05. The highest BCUT2D eigenvalue weighted by Crippen LogP contribution is 2.34. The van der Waals surface area contributed by atoms with Crippen LogP contribution >= 0.6 is 15.9 Å². The summed E-state index contributed by atoms with van der Waals surface area (Å²) in [6.07, 6.45) is 8.20. The van der Waals surface area contributed by atoms with Crippen LogP contribution in [0.4, 0.5) is 5.69 Å². The summed E-state index contributed by atoms with van der Waals surface area (Å²) in [5, 5.41) is 15.8. The van der Waals surface area contributed by atoms with E-state index in [1.54, 1.807) is 6.20 Å². The molecule has 0 atom stereocenters. The van der Waals surface area contributed by atoms with E-state index in [2.05, 4.69) is 26.0 Å². The van der Waals surface area contributed by atoms with Gasteiger partial charge in [-0.25, -0.2) is 4.99 Å². The van der Waals surface area contributed by atoms with Crippen molar-refractivity contribution in [1.82, 2.24) is 14.8 Å². The average Bonchev–Trinajstić information content (AvgIpc) is 3.07. The fourth-order valence-corrected chi connectivity index (χ4v) is 3.51. The van der Waals surface area contributed by atoms with Crippen molar-refractivity contribution in [2.24, 2.45) is 4.99 Å². The van der Waals surface area contributed by atoms with Gasteiger partial charge in [-0.05, 0) is 43.9 Å². The van der Waals surface area contributed by atoms with Crippen LogP contribution in [0.5, 0.6) is 5.88 Å². The minimum absolute atomic E-state index is 0.162. The van der Waals surface area contributed by atoms with Crippen LogP contribution in [0.3, 0.4) is 0 Å². The van der Waals surface area contributed by atoms with Crippen LogP contribution in [0, 0.1) is 0 Å². The molecule has 1 aliphatic carbocycles. The van der Waals surface area contributed by atoms with Crippen molar-refractivity contribution in [1.29, 1.82) is 0 Å². The van der Waals surface area contributed by atoms with Gasteiger partial charge in [0.25, 0.3) is 0 Å². The van der Waals surface area contributed by atoms with Gasteiger partial charge in [0.05, 0.1) is 29.7 Å². The molecule has 1 aliphatic rings. The summed E-state index contributed by atoms with van der Waals surface area (Å²) in [4.78, 5) is 7.79. The molecule has 4 rings (SSSR count). The van der Waals surface area contributed by atoms with Gasteiger partial charge >= 0.3 is 0 Å². The largest absolute Gasteiger partial charge is 0.494 e. The Morgan fingerprint density at radius 2 is 2.29 bits per heavy atom. The van der Waals surface area contributed by atoms with Gasteiger partial charge in [0.15, 0.2) is 5.88 Å². The van der Waals surface area contributed by atoms with Crippen LogP contribution < -0.4 is 0 Å². The van der Waals surface area contributed by atoms with E-state index in [-0.39, 0.29) is 5.88 Å². The van der Waals surface area contributed by atoms with Gasteiger partial charge in [-0.15, -0.1) is 0 Å². The van der Waals surface area contributed by atoms with Crippen LogP contribution in [-0.4, -0.2) is 25.6 Å². The number of aliphatic imine (C=N–C) groups is 1. The van der Waals surface area contributed by atoms with Crippen molar-refractivity contribution < 1.29 is 5.11 Å². The molecule has 6 heteroatoms. The predicted octanol–water partition coefficient (Wildman–Crippen LogP) is 5.09. The maximum atomic E-state index is 10.4. The van der Waals surface area contributed by atoms with Crippen molar-refractivity contribution in [2.75, 3.05) is 0 Å². The van der Waals surface area contributed by atoms with Crippen LogP contribution in [0.15, 0.2) is 40.1 Å². The lowest BCUT2D eigenvalue weighted by Crippen LogP contribution is -2.16. The predicted molar refractivity (Wildman–Crippen MR) is 99.3 cm³/mol. The standard InChI is InChI=1S/C18H19BrN4O/c1-2-15(21-12-9-20-23(10-12)13-4-3-5-13)17-14-8-11(19)6-7-16(14)22-18(17)24/h6-10,13,22,24H,2-5H2,1H3. The lowest BCUT2D eigenvalue weighted by atomic mass is 9.93. The molecule has 1 saturated carbocycles. The normalized spacial score (nSPS) is 15.8. The summed E-state index contributed by atoms with van der Waals surface area (Å²) in [7, 11) is 0. The number of hydrogen-bond donors (Lipinski definition) is 2. The summed E-state index contributed by atoms with van der Waals surface area (Å²) >= 11 is 3.50. The van der Waals surface area contributed by atoms with E-state index in [1.165, 1.54) is 19.3 Å². The lowest BCUT2D eigenvalue weighted by Gasteiger charge is -2.25. The van der Waals surface area contributed by atoms with Crippen LogP contribution in [-0.2, 0) is 0 Å². The first-order valence-corrected chi connectivity index (χ1v) is 9.07. The molecule has 2 heterocycles. The smallest absolute Gasteiger partial charge is 0.198 e. The zero-order valence-electron chi connectivity index (χ0n) is 13.5. The van der Waals surface area contributed by atoms with E-state index in [0.717, 1.165) is 38.8 Å². The van der Waals surface area contributed by atoms with E-state index >= 15 is 0 Å². The topological polar surface area (TPSA) is 66.2 Å². The van der Waals surface area contributed by atoms with E-state index in [1.807, 2.05) is 36.0 Å². The van der Waals surface area contributed by atoms with E-state index in [0.29, 0.717) is 6.04 Å². The number of fused-ring (bicyclic) bond motifs is 1. The molecular weight excluding hydrogens is 368 g/mol. The monoisotopic (exact) mass is 386 g/mol. The molecule has 0 bridgehead atoms. The number of aromatic amines is 1. The third-order valence-corrected chi connectivity index (χ3v) is 5.16. The number of hydrogen-bond acceptors (Lipinski definition) is 3. The van der Waals surface area contributed by atoms with E-state index in [9.17, 15) is 5.11 Å². The third kappa shape index (κ3) is 2.65. The fourth-order valence-electron chi connectivity index (χ4n) is 3.15. The number of benzene rings is 1. The summed E-state index contributed by atoms with van der Waals surface area (Å²) in [5.41, 5.74) is 3.36. The van der Waals surface area contributed by atoms with Crippen molar-refractivity contribution in [3.05, 3.63) is 40.6 Å². The highest BCUT2D eigenvalue weighted by atomic mass is 79.9. The molecular formula is C18H19BrN4O. The highest BCUT2D eigenvalue weighted by molar-refractivity contribution is 9.10. The first kappa shape index (κ1) is 15.4. The van der Waals surface area contributed by atoms with Gasteiger partial charge in [0.1, 0.15) is 5.69 Å². The molecule has 2 N–H and O–H groups in total. The van der Waals surface area contributed by atoms with Crippen LogP contribution in [0.25, 0.3) is 10.9 Å². The van der Waals surface area contributed by atoms with Crippen LogP contribution in [0.1, 0.15) is 44.2 Å². The minimum atomic E-state index is 0.162. The first-order valence-electron chi connectivity index (χ1n) is 8.28. The Balaban J connectivity index is 1.76. The number of halogens is 1. The minimum Gasteiger partial charge on any atom is -0.494 e. The lowest BCUT2D eigenvalue weighted by molar-refractivity contribution is 0.289. The zero-order chi connectivity index (χ0) is 16.7. The Morgan fingerprint density at radius 1 is 1.46 bits per heavy atom. The van der Waals surface area contributed by atoms with Gasteiger partial charge in [-0.1, -0.05) is 22.9 Å². The number of rotatable bonds is 4. The maximum Gasteiger partial charge on any atom is 0.198 e. The molecule has 0 unspecified atom stereocenters. The second-order valence-corrected chi connectivity index (χ2v) is 7.13. The van der Waals surface area contributed by atoms with E-state index < -0.39 is 0 Å². The molecule has 0 saturated heterocycles. The van der Waals surface area contributed by atoms with Gasteiger partial charge in [0, 0.05) is 15.4 Å². The molecule has 0 amide bonds. The van der Waals surface area contributed by atoms with Crippen molar-refractivity contribution in [3.8, 4) is 5.88 Å². The molecule has 124 valence electrons. The average molecular weight is 387 g/mol. The van der Waals surface area contributed by atoms with Crippen molar-refractivity contribution in [3.63, 3.8) is 0 Å². The van der Waals surface area contributed by atoms with Gasteiger partial charge in [0.2, 0.25) is 0 Å². The SMILES string of the molecule is CCC(=Nc1cnn(C2CCC2)c1)c1c(O)[nH]c2ccc(Br)cc12. The fraction of sp³-hybridized carbons (Fsp3) is 0.333. The molecule has 2 aromatic heterocycles.